The van der Waals surface area contributed by atoms with E-state index in [-0.39, 0.29) is 0 Å². The Morgan fingerprint density at radius 3 is 2.62 bits per heavy atom. The Hall–Kier alpha value is -1.33. The molecule has 114 valence electrons. The van der Waals surface area contributed by atoms with Gasteiger partial charge in [0.1, 0.15) is 5.49 Å². The maximum Gasteiger partial charge on any atom is 0.136 e. The smallest absolute Gasteiger partial charge is 0.136 e. The van der Waals surface area contributed by atoms with Crippen LogP contribution in [0.1, 0.15) is 18.4 Å². The molecule has 0 unspecified atom stereocenters. The van der Waals surface area contributed by atoms with Crippen molar-refractivity contribution in [3.8, 4) is 0 Å². The Morgan fingerprint density at radius 1 is 1.38 bits per heavy atom. The highest BCUT2D eigenvalue weighted by atomic mass is 32.2. The molecule has 2 rings (SSSR count). The summed E-state index contributed by atoms with van der Waals surface area (Å²) in [5, 5.41) is 2.02. The van der Waals surface area contributed by atoms with Crippen molar-refractivity contribution in [2.75, 3.05) is 19.3 Å². The number of aromatic nitrogens is 1. The summed E-state index contributed by atoms with van der Waals surface area (Å²) in [7, 11) is 2.02. The van der Waals surface area contributed by atoms with E-state index in [9.17, 15) is 0 Å². The number of aryl methyl sites for hydroxylation is 1. The maximum atomic E-state index is 4.97. The lowest BCUT2D eigenvalue weighted by molar-refractivity contribution is 0.343. The van der Waals surface area contributed by atoms with Gasteiger partial charge in [-0.15, -0.1) is 0 Å². The van der Waals surface area contributed by atoms with Gasteiger partial charge in [-0.2, -0.15) is 0 Å². The van der Waals surface area contributed by atoms with Crippen molar-refractivity contribution in [2.45, 2.75) is 25.8 Å². The molecule has 0 spiro atoms. The summed E-state index contributed by atoms with van der Waals surface area (Å²) in [4.78, 5) is 8.89. The first-order valence-corrected chi connectivity index (χ1v) is 8.39. The molecule has 2 heterocycles. The third kappa shape index (κ3) is 3.66. The van der Waals surface area contributed by atoms with Crippen LogP contribution in [-0.4, -0.2) is 41.0 Å². The van der Waals surface area contributed by atoms with E-state index in [0.29, 0.717) is 6.04 Å². The summed E-state index contributed by atoms with van der Waals surface area (Å²) in [6.07, 6.45) is 6.11. The average Bonchev–Trinajstić information content (AvgIpc) is 2.50. The van der Waals surface area contributed by atoms with E-state index in [0.717, 1.165) is 47.6 Å². The summed E-state index contributed by atoms with van der Waals surface area (Å²) >= 11 is 1.82. The maximum absolute atomic E-state index is 4.97. The first-order valence-electron chi connectivity index (χ1n) is 7.21. The fraction of sp³-hybridized carbons (Fsp3) is 0.500. The monoisotopic (exact) mass is 304 g/mol. The second kappa shape index (κ2) is 7.09. The zero-order chi connectivity index (χ0) is 15.4. The predicted octanol–water partition coefficient (Wildman–Crippen LogP) is 0.826. The van der Waals surface area contributed by atoms with Crippen LogP contribution >= 0.6 is 11.9 Å². The molecule has 1 aliphatic rings. The first-order chi connectivity index (χ1) is 10.1. The second-order valence-electron chi connectivity index (χ2n) is 5.40. The number of nitrogens with zero attached hydrogens (tertiary/aromatic N) is 4. The molecule has 0 N–H and O–H groups in total. The van der Waals surface area contributed by atoms with Crippen LogP contribution in [-0.2, 0) is 7.05 Å². The molecule has 5 heteroatoms. The summed E-state index contributed by atoms with van der Waals surface area (Å²) < 4.78 is 4.46. The van der Waals surface area contributed by atoms with Crippen molar-refractivity contribution in [1.82, 2.24) is 8.87 Å². The SMILES string of the molecule is C=N/C=c1/cc(C)c(=C)n(C)c1=NC1CCN(SC)CC1. The molecule has 21 heavy (non-hydrogen) atoms. The molecule has 1 aromatic heterocycles. The molecule has 0 aromatic carbocycles. The van der Waals surface area contributed by atoms with Crippen LogP contribution in [0.25, 0.3) is 12.8 Å². The molecule has 0 saturated carbocycles. The summed E-state index contributed by atoms with van der Waals surface area (Å²) in [6, 6.07) is 2.46. The highest BCUT2D eigenvalue weighted by Crippen LogP contribution is 2.17. The minimum atomic E-state index is 0.374. The average molecular weight is 304 g/mol. The normalized spacial score (nSPS) is 19.2. The van der Waals surface area contributed by atoms with Crippen LogP contribution < -0.4 is 16.1 Å². The second-order valence-corrected chi connectivity index (χ2v) is 6.28. The van der Waals surface area contributed by atoms with Gasteiger partial charge in [-0.05, 0) is 44.4 Å². The zero-order valence-electron chi connectivity index (χ0n) is 13.2. The number of aliphatic imine (C=N–C) groups is 1. The Morgan fingerprint density at radius 2 is 2.05 bits per heavy atom. The molecule has 0 atom stereocenters. The third-order valence-electron chi connectivity index (χ3n) is 4.02. The van der Waals surface area contributed by atoms with E-state index >= 15 is 0 Å². The van der Waals surface area contributed by atoms with Gasteiger partial charge < -0.3 is 4.57 Å². The van der Waals surface area contributed by atoms with Gasteiger partial charge in [0.2, 0.25) is 0 Å². The number of piperidine rings is 1. The van der Waals surface area contributed by atoms with Gasteiger partial charge in [-0.1, -0.05) is 18.5 Å². The topological polar surface area (TPSA) is 32.9 Å². The van der Waals surface area contributed by atoms with E-state index in [2.05, 4.69) is 46.4 Å². The molecule has 1 aromatic rings. The number of pyridine rings is 1. The van der Waals surface area contributed by atoms with Crippen molar-refractivity contribution >= 4 is 31.4 Å². The van der Waals surface area contributed by atoms with Crippen LogP contribution in [0.3, 0.4) is 0 Å². The summed E-state index contributed by atoms with van der Waals surface area (Å²) in [5.41, 5.74) is 2.10. The van der Waals surface area contributed by atoms with E-state index in [1.54, 1.807) is 6.20 Å². The lowest BCUT2D eigenvalue weighted by Crippen LogP contribution is -2.44. The molecule has 0 bridgehead atoms. The van der Waals surface area contributed by atoms with Crippen LogP contribution in [0.2, 0.25) is 0 Å². The number of hydrogen-bond acceptors (Lipinski definition) is 4. The fourth-order valence-corrected chi connectivity index (χ4v) is 3.22. The molecule has 1 saturated heterocycles. The van der Waals surface area contributed by atoms with E-state index in [1.807, 2.05) is 19.0 Å². The molecule has 1 fully saturated rings. The molecule has 1 aliphatic heterocycles. The number of rotatable bonds is 3. The lowest BCUT2D eigenvalue weighted by atomic mass is 10.1. The van der Waals surface area contributed by atoms with Crippen LogP contribution in [0, 0.1) is 6.92 Å². The van der Waals surface area contributed by atoms with Gasteiger partial charge in [0.05, 0.1) is 6.04 Å². The lowest BCUT2D eigenvalue weighted by Gasteiger charge is -2.27. The Labute approximate surface area is 130 Å². The standard InChI is InChI=1S/C16H24N4S/c1-12-10-14(11-17-3)16(19(4)13(12)2)18-15-6-8-20(21-5)9-7-15/h10-11,15H,2-3,6-9H2,1,4-5H3/b14-11-,18-16?. The molecule has 0 amide bonds. The van der Waals surface area contributed by atoms with Crippen molar-refractivity contribution in [1.29, 1.82) is 0 Å². The Kier molecular flexibility index (Phi) is 5.42. The highest BCUT2D eigenvalue weighted by molar-refractivity contribution is 7.96. The van der Waals surface area contributed by atoms with Gasteiger partial charge in [0.15, 0.2) is 0 Å². The van der Waals surface area contributed by atoms with Crippen molar-refractivity contribution in [2.24, 2.45) is 17.0 Å². The van der Waals surface area contributed by atoms with Crippen molar-refractivity contribution in [3.63, 3.8) is 0 Å². The molecule has 4 nitrogen and oxygen atoms in total. The van der Waals surface area contributed by atoms with Gasteiger partial charge in [-0.25, -0.2) is 0 Å². The molecule has 0 radical (unpaired) electrons. The highest BCUT2D eigenvalue weighted by Gasteiger charge is 2.17. The Bertz CT molecular complexity index is 681. The summed E-state index contributed by atoms with van der Waals surface area (Å²) in [6.45, 7) is 12.0. The fourth-order valence-electron chi connectivity index (χ4n) is 2.65. The Balaban J connectivity index is 2.46. The predicted molar refractivity (Wildman–Crippen MR) is 92.6 cm³/mol. The van der Waals surface area contributed by atoms with Gasteiger partial charge in [0, 0.05) is 36.9 Å². The van der Waals surface area contributed by atoms with Crippen molar-refractivity contribution < 1.29 is 0 Å². The van der Waals surface area contributed by atoms with E-state index in [4.69, 9.17) is 4.99 Å². The minimum absolute atomic E-state index is 0.374. The first kappa shape index (κ1) is 16.0. The largest absolute Gasteiger partial charge is 0.330 e. The third-order valence-corrected chi connectivity index (χ3v) is 4.91. The van der Waals surface area contributed by atoms with Gasteiger partial charge >= 0.3 is 0 Å². The quantitative estimate of drug-likeness (QED) is 0.612. The van der Waals surface area contributed by atoms with Gasteiger partial charge in [-0.3, -0.25) is 14.3 Å². The minimum Gasteiger partial charge on any atom is -0.330 e. The van der Waals surface area contributed by atoms with Crippen LogP contribution in [0.5, 0.6) is 0 Å². The molecule has 0 aliphatic carbocycles. The van der Waals surface area contributed by atoms with E-state index in [1.165, 1.54) is 0 Å². The molecular formula is C16H24N4S. The number of hydrogen-bond donors (Lipinski definition) is 0. The summed E-state index contributed by atoms with van der Waals surface area (Å²) in [5.74, 6) is 0. The van der Waals surface area contributed by atoms with E-state index < -0.39 is 0 Å². The van der Waals surface area contributed by atoms with Crippen molar-refractivity contribution in [3.05, 3.63) is 27.7 Å². The van der Waals surface area contributed by atoms with Gasteiger partial charge in [0.25, 0.3) is 0 Å². The van der Waals surface area contributed by atoms with Crippen LogP contribution in [0.15, 0.2) is 16.1 Å². The molecular weight excluding hydrogens is 280 g/mol. The van der Waals surface area contributed by atoms with Crippen LogP contribution in [0.4, 0.5) is 0 Å². The zero-order valence-corrected chi connectivity index (χ0v) is 14.0.